The molecule has 0 aliphatic carbocycles. The highest BCUT2D eigenvalue weighted by molar-refractivity contribution is 4.91. The van der Waals surface area contributed by atoms with Crippen LogP contribution in [-0.4, -0.2) is 38.6 Å². The molecule has 2 heterocycles. The van der Waals surface area contributed by atoms with Gasteiger partial charge in [0, 0.05) is 18.2 Å². The van der Waals surface area contributed by atoms with E-state index < -0.39 is 29.7 Å². The van der Waals surface area contributed by atoms with Crippen molar-refractivity contribution in [1.29, 1.82) is 0 Å². The number of hydrogen-bond donors (Lipinski definition) is 3. The average molecular weight is 242 g/mol. The highest BCUT2D eigenvalue weighted by Crippen LogP contribution is 2.32. The fraction of sp³-hybridized carbons (Fsp3) is 0.600. The second kappa shape index (κ2) is 4.44. The van der Waals surface area contributed by atoms with Crippen molar-refractivity contribution in [2.24, 2.45) is 5.92 Å². The summed E-state index contributed by atoms with van der Waals surface area (Å²) in [6.07, 6.45) is -0.932. The van der Waals surface area contributed by atoms with Gasteiger partial charge in [-0.2, -0.15) is 0 Å². The van der Waals surface area contributed by atoms with E-state index in [1.54, 1.807) is 6.92 Å². The predicted octanol–water partition coefficient (Wildman–Crippen LogP) is -1.58. The standard InChI is InChI=1S/C10H14N2O5/c1-5-8(15)6(4-13)17-9(5)12-3-2-7(14)11-10(12)16/h2-3,5-6,8-9,13,15H,4H2,1H3,(H,11,14,16)/t5-,6+,8?,9+/m0/s1. The summed E-state index contributed by atoms with van der Waals surface area (Å²) in [6.45, 7) is 1.39. The molecule has 1 unspecified atom stereocenters. The third kappa shape index (κ3) is 2.04. The van der Waals surface area contributed by atoms with Gasteiger partial charge < -0.3 is 14.9 Å². The third-order valence-electron chi connectivity index (χ3n) is 2.99. The Labute approximate surface area is 96.3 Å². The molecule has 0 bridgehead atoms. The lowest BCUT2D eigenvalue weighted by Gasteiger charge is -2.17. The lowest BCUT2D eigenvalue weighted by Crippen LogP contribution is -2.33. The summed E-state index contributed by atoms with van der Waals surface area (Å²) < 4.78 is 6.58. The lowest BCUT2D eigenvalue weighted by molar-refractivity contribution is -0.0477. The maximum Gasteiger partial charge on any atom is 0.330 e. The summed E-state index contributed by atoms with van der Waals surface area (Å²) in [5.74, 6) is -0.351. The van der Waals surface area contributed by atoms with Gasteiger partial charge in [-0.25, -0.2) is 4.79 Å². The van der Waals surface area contributed by atoms with E-state index in [-0.39, 0.29) is 12.5 Å². The fourth-order valence-corrected chi connectivity index (χ4v) is 1.99. The molecular formula is C10H14N2O5. The minimum Gasteiger partial charge on any atom is -0.394 e. The van der Waals surface area contributed by atoms with Gasteiger partial charge in [0.15, 0.2) is 0 Å². The number of aromatic nitrogens is 2. The Kier molecular flexibility index (Phi) is 3.14. The monoisotopic (exact) mass is 242 g/mol. The van der Waals surface area contributed by atoms with Crippen LogP contribution in [0.3, 0.4) is 0 Å². The average Bonchev–Trinajstić information content (AvgIpc) is 2.57. The van der Waals surface area contributed by atoms with Gasteiger partial charge in [0.25, 0.3) is 5.56 Å². The van der Waals surface area contributed by atoms with Crippen LogP contribution in [0.25, 0.3) is 0 Å². The van der Waals surface area contributed by atoms with Gasteiger partial charge in [-0.3, -0.25) is 14.3 Å². The summed E-state index contributed by atoms with van der Waals surface area (Å²) in [5.41, 5.74) is -1.09. The zero-order valence-electron chi connectivity index (χ0n) is 9.24. The first-order valence-electron chi connectivity index (χ1n) is 5.30. The predicted molar refractivity (Wildman–Crippen MR) is 57.5 cm³/mol. The molecule has 7 heteroatoms. The summed E-state index contributed by atoms with van der Waals surface area (Å²) in [6, 6.07) is 1.20. The largest absolute Gasteiger partial charge is 0.394 e. The van der Waals surface area contributed by atoms with Crippen molar-refractivity contribution < 1.29 is 14.9 Å². The molecule has 94 valence electrons. The van der Waals surface area contributed by atoms with E-state index in [2.05, 4.69) is 4.98 Å². The molecule has 0 spiro atoms. The number of aromatic amines is 1. The normalized spacial score (nSPS) is 32.9. The van der Waals surface area contributed by atoms with Crippen molar-refractivity contribution in [3.63, 3.8) is 0 Å². The van der Waals surface area contributed by atoms with Gasteiger partial charge in [-0.15, -0.1) is 0 Å². The van der Waals surface area contributed by atoms with E-state index in [9.17, 15) is 14.7 Å². The van der Waals surface area contributed by atoms with Crippen LogP contribution in [0, 0.1) is 5.92 Å². The number of rotatable bonds is 2. The van der Waals surface area contributed by atoms with Gasteiger partial charge in [-0.05, 0) is 0 Å². The van der Waals surface area contributed by atoms with Crippen LogP contribution in [0.15, 0.2) is 21.9 Å². The molecule has 1 aliphatic rings. The molecule has 4 atom stereocenters. The SMILES string of the molecule is C[C@H]1C(O)[C@@H](CO)O[C@H]1n1ccc(=O)[nH]c1=O. The van der Waals surface area contributed by atoms with Crippen molar-refractivity contribution in [2.75, 3.05) is 6.61 Å². The van der Waals surface area contributed by atoms with E-state index >= 15 is 0 Å². The van der Waals surface area contributed by atoms with Gasteiger partial charge in [0.2, 0.25) is 0 Å². The van der Waals surface area contributed by atoms with E-state index in [4.69, 9.17) is 9.84 Å². The Morgan fingerprint density at radius 1 is 1.53 bits per heavy atom. The maximum absolute atomic E-state index is 11.6. The number of ether oxygens (including phenoxy) is 1. The topological polar surface area (TPSA) is 105 Å². The van der Waals surface area contributed by atoms with Crippen molar-refractivity contribution in [1.82, 2.24) is 9.55 Å². The summed E-state index contributed by atoms with van der Waals surface area (Å²) in [7, 11) is 0. The molecule has 3 N–H and O–H groups in total. The molecule has 1 fully saturated rings. The first-order valence-corrected chi connectivity index (χ1v) is 5.30. The molecule has 1 aromatic heterocycles. The van der Waals surface area contributed by atoms with Crippen LogP contribution in [0.5, 0.6) is 0 Å². The lowest BCUT2D eigenvalue weighted by atomic mass is 10.0. The van der Waals surface area contributed by atoms with Crippen LogP contribution in [0.2, 0.25) is 0 Å². The van der Waals surface area contributed by atoms with E-state index in [1.807, 2.05) is 0 Å². The Balaban J connectivity index is 2.35. The Hall–Kier alpha value is -1.44. The first kappa shape index (κ1) is 12.0. The quantitative estimate of drug-likeness (QED) is 0.580. The zero-order chi connectivity index (χ0) is 12.6. The summed E-state index contributed by atoms with van der Waals surface area (Å²) >= 11 is 0. The molecule has 17 heavy (non-hydrogen) atoms. The van der Waals surface area contributed by atoms with E-state index in [0.29, 0.717) is 0 Å². The molecule has 0 radical (unpaired) electrons. The van der Waals surface area contributed by atoms with Crippen molar-refractivity contribution in [3.8, 4) is 0 Å². The summed E-state index contributed by atoms with van der Waals surface area (Å²) in [4.78, 5) is 24.6. The Bertz CT molecular complexity index is 508. The maximum atomic E-state index is 11.6. The van der Waals surface area contributed by atoms with Crippen LogP contribution in [0.1, 0.15) is 13.2 Å². The molecule has 7 nitrogen and oxygen atoms in total. The Morgan fingerprint density at radius 3 is 2.76 bits per heavy atom. The Morgan fingerprint density at radius 2 is 2.24 bits per heavy atom. The molecule has 2 rings (SSSR count). The zero-order valence-corrected chi connectivity index (χ0v) is 9.24. The number of H-pyrrole nitrogens is 1. The van der Waals surface area contributed by atoms with E-state index in [1.165, 1.54) is 16.8 Å². The third-order valence-corrected chi connectivity index (χ3v) is 2.99. The summed E-state index contributed by atoms with van der Waals surface area (Å²) in [5, 5.41) is 18.8. The van der Waals surface area contributed by atoms with Crippen LogP contribution < -0.4 is 11.2 Å². The number of hydrogen-bond acceptors (Lipinski definition) is 5. The molecule has 0 amide bonds. The van der Waals surface area contributed by atoms with Gasteiger partial charge in [0.1, 0.15) is 12.3 Å². The van der Waals surface area contributed by atoms with Crippen molar-refractivity contribution >= 4 is 0 Å². The number of aliphatic hydroxyl groups is 2. The molecule has 0 aromatic carbocycles. The van der Waals surface area contributed by atoms with Gasteiger partial charge in [-0.1, -0.05) is 6.92 Å². The molecule has 1 saturated heterocycles. The van der Waals surface area contributed by atoms with Crippen LogP contribution in [0.4, 0.5) is 0 Å². The van der Waals surface area contributed by atoms with Gasteiger partial charge in [0.05, 0.1) is 12.7 Å². The van der Waals surface area contributed by atoms with Crippen LogP contribution in [-0.2, 0) is 4.74 Å². The first-order chi connectivity index (χ1) is 8.04. The number of nitrogens with one attached hydrogen (secondary N) is 1. The fourth-order valence-electron chi connectivity index (χ4n) is 1.99. The highest BCUT2D eigenvalue weighted by Gasteiger charge is 2.41. The second-order valence-corrected chi connectivity index (χ2v) is 4.11. The van der Waals surface area contributed by atoms with Crippen LogP contribution >= 0.6 is 0 Å². The van der Waals surface area contributed by atoms with Crippen molar-refractivity contribution in [2.45, 2.75) is 25.4 Å². The second-order valence-electron chi connectivity index (χ2n) is 4.11. The number of aliphatic hydroxyl groups excluding tert-OH is 2. The molecule has 1 aromatic rings. The smallest absolute Gasteiger partial charge is 0.330 e. The van der Waals surface area contributed by atoms with E-state index in [0.717, 1.165) is 0 Å². The molecular weight excluding hydrogens is 228 g/mol. The molecule has 0 saturated carbocycles. The molecule has 1 aliphatic heterocycles. The highest BCUT2D eigenvalue weighted by atomic mass is 16.5. The minimum absolute atomic E-state index is 0.319. The number of nitrogens with zero attached hydrogens (tertiary/aromatic N) is 1. The van der Waals surface area contributed by atoms with Crippen molar-refractivity contribution in [3.05, 3.63) is 33.1 Å². The minimum atomic E-state index is -0.844. The van der Waals surface area contributed by atoms with Gasteiger partial charge >= 0.3 is 5.69 Å².